The fourth-order valence-electron chi connectivity index (χ4n) is 1.91. The molecule has 0 saturated carbocycles. The Morgan fingerprint density at radius 1 is 1.21 bits per heavy atom. The van der Waals surface area contributed by atoms with Crippen molar-refractivity contribution in [1.82, 2.24) is 0 Å². The molecule has 0 aromatic heterocycles. The molecule has 5 nitrogen and oxygen atoms in total. The first-order chi connectivity index (χ1) is 11.4. The normalized spacial score (nSPS) is 10.2. The molecule has 0 unspecified atom stereocenters. The van der Waals surface area contributed by atoms with Crippen LogP contribution in [0.3, 0.4) is 0 Å². The SMILES string of the molecule is COC(=O)c1ccc(OCC(=O)Nc2ccc(C)cc2Cl)c(Br)c1. The first-order valence-electron chi connectivity index (χ1n) is 6.97. The molecule has 0 bridgehead atoms. The maximum Gasteiger partial charge on any atom is 0.337 e. The lowest BCUT2D eigenvalue weighted by atomic mass is 10.2. The van der Waals surface area contributed by atoms with Gasteiger partial charge in [-0.15, -0.1) is 0 Å². The van der Waals surface area contributed by atoms with Crippen LogP contribution >= 0.6 is 27.5 Å². The number of nitrogens with one attached hydrogen (secondary N) is 1. The number of carbonyl (C=O) groups is 2. The molecule has 0 saturated heterocycles. The quantitative estimate of drug-likeness (QED) is 0.747. The molecule has 2 aromatic carbocycles. The largest absolute Gasteiger partial charge is 0.483 e. The van der Waals surface area contributed by atoms with Gasteiger partial charge in [-0.1, -0.05) is 17.7 Å². The second-order valence-electron chi connectivity index (χ2n) is 4.96. The summed E-state index contributed by atoms with van der Waals surface area (Å²) in [5.74, 6) is -0.355. The van der Waals surface area contributed by atoms with Gasteiger partial charge in [-0.05, 0) is 58.7 Å². The zero-order chi connectivity index (χ0) is 17.7. The Kier molecular flexibility index (Phi) is 6.23. The van der Waals surface area contributed by atoms with Gasteiger partial charge in [0, 0.05) is 0 Å². The Bertz CT molecular complexity index is 779. The number of benzene rings is 2. The van der Waals surface area contributed by atoms with Gasteiger partial charge in [0.05, 0.1) is 27.9 Å². The average Bonchev–Trinajstić information content (AvgIpc) is 2.55. The highest BCUT2D eigenvalue weighted by Crippen LogP contribution is 2.27. The van der Waals surface area contributed by atoms with Gasteiger partial charge in [0.2, 0.25) is 0 Å². The molecular formula is C17H15BrClNO4. The Labute approximate surface area is 153 Å². The lowest BCUT2D eigenvalue weighted by molar-refractivity contribution is -0.118. The number of esters is 1. The summed E-state index contributed by atoms with van der Waals surface area (Å²) in [6.07, 6.45) is 0. The Morgan fingerprint density at radius 3 is 2.58 bits per heavy atom. The molecule has 7 heteroatoms. The number of anilines is 1. The molecule has 24 heavy (non-hydrogen) atoms. The van der Waals surface area contributed by atoms with Gasteiger partial charge in [-0.3, -0.25) is 4.79 Å². The molecular weight excluding hydrogens is 398 g/mol. The van der Waals surface area contributed by atoms with Crippen molar-refractivity contribution in [3.05, 3.63) is 57.0 Å². The zero-order valence-electron chi connectivity index (χ0n) is 13.1. The second-order valence-corrected chi connectivity index (χ2v) is 6.22. The minimum atomic E-state index is -0.450. The van der Waals surface area contributed by atoms with Crippen LogP contribution in [-0.4, -0.2) is 25.6 Å². The molecule has 0 heterocycles. The van der Waals surface area contributed by atoms with E-state index < -0.39 is 5.97 Å². The van der Waals surface area contributed by atoms with Crippen molar-refractivity contribution in [2.75, 3.05) is 19.0 Å². The van der Waals surface area contributed by atoms with Gasteiger partial charge in [-0.25, -0.2) is 4.79 Å². The van der Waals surface area contributed by atoms with E-state index in [0.29, 0.717) is 26.5 Å². The molecule has 0 fully saturated rings. The Morgan fingerprint density at radius 2 is 1.96 bits per heavy atom. The van der Waals surface area contributed by atoms with Crippen LogP contribution in [-0.2, 0) is 9.53 Å². The second kappa shape index (κ2) is 8.17. The lowest BCUT2D eigenvalue weighted by Crippen LogP contribution is -2.20. The average molecular weight is 413 g/mol. The number of aryl methyl sites for hydroxylation is 1. The van der Waals surface area contributed by atoms with Crippen LogP contribution in [0, 0.1) is 6.92 Å². The van der Waals surface area contributed by atoms with E-state index in [-0.39, 0.29) is 12.5 Å². The van der Waals surface area contributed by atoms with Crippen LogP contribution in [0.1, 0.15) is 15.9 Å². The van der Waals surface area contributed by atoms with Crippen LogP contribution in [0.25, 0.3) is 0 Å². The van der Waals surface area contributed by atoms with Crippen LogP contribution < -0.4 is 10.1 Å². The molecule has 0 spiro atoms. The fourth-order valence-corrected chi connectivity index (χ4v) is 2.69. The first kappa shape index (κ1) is 18.3. The van der Waals surface area contributed by atoms with E-state index in [1.807, 2.05) is 13.0 Å². The number of ether oxygens (including phenoxy) is 2. The summed E-state index contributed by atoms with van der Waals surface area (Å²) in [6.45, 7) is 1.72. The van der Waals surface area contributed by atoms with Crippen LogP contribution in [0.2, 0.25) is 5.02 Å². The summed E-state index contributed by atoms with van der Waals surface area (Å²) in [5.41, 5.74) is 1.91. The van der Waals surface area contributed by atoms with Crippen LogP contribution in [0.15, 0.2) is 40.9 Å². The molecule has 2 aromatic rings. The highest BCUT2D eigenvalue weighted by Gasteiger charge is 2.11. The molecule has 0 aliphatic rings. The topological polar surface area (TPSA) is 64.6 Å². The Hall–Kier alpha value is -2.05. The third-order valence-electron chi connectivity index (χ3n) is 3.11. The molecule has 1 amide bonds. The number of amides is 1. The number of hydrogen-bond donors (Lipinski definition) is 1. The third-order valence-corrected chi connectivity index (χ3v) is 4.04. The van der Waals surface area contributed by atoms with E-state index in [4.69, 9.17) is 16.3 Å². The summed E-state index contributed by atoms with van der Waals surface area (Å²) in [7, 11) is 1.31. The first-order valence-corrected chi connectivity index (χ1v) is 8.14. The van der Waals surface area contributed by atoms with Crippen molar-refractivity contribution in [2.45, 2.75) is 6.92 Å². The van der Waals surface area contributed by atoms with Gasteiger partial charge in [0.1, 0.15) is 5.75 Å². The van der Waals surface area contributed by atoms with Gasteiger partial charge in [0.15, 0.2) is 6.61 Å². The molecule has 0 radical (unpaired) electrons. The molecule has 0 aliphatic heterocycles. The van der Waals surface area contributed by atoms with E-state index in [1.54, 1.807) is 30.3 Å². The van der Waals surface area contributed by atoms with Crippen molar-refractivity contribution in [3.8, 4) is 5.75 Å². The van der Waals surface area contributed by atoms with E-state index in [2.05, 4.69) is 26.0 Å². The van der Waals surface area contributed by atoms with Crippen molar-refractivity contribution in [1.29, 1.82) is 0 Å². The molecule has 0 aliphatic carbocycles. The Balaban J connectivity index is 1.97. The fraction of sp³-hybridized carbons (Fsp3) is 0.176. The van der Waals surface area contributed by atoms with Gasteiger partial charge in [0.25, 0.3) is 5.91 Å². The highest BCUT2D eigenvalue weighted by molar-refractivity contribution is 9.10. The predicted molar refractivity (Wildman–Crippen MR) is 95.8 cm³/mol. The van der Waals surface area contributed by atoms with Crippen LogP contribution in [0.5, 0.6) is 5.75 Å². The standard InChI is InChI=1S/C17H15BrClNO4/c1-10-3-5-14(13(19)7-10)20-16(21)9-24-15-6-4-11(8-12(15)18)17(22)23-2/h3-8H,9H2,1-2H3,(H,20,21). The summed E-state index contributed by atoms with van der Waals surface area (Å²) >= 11 is 9.37. The lowest BCUT2D eigenvalue weighted by Gasteiger charge is -2.11. The number of rotatable bonds is 5. The predicted octanol–water partition coefficient (Wildman–Crippen LogP) is 4.22. The zero-order valence-corrected chi connectivity index (χ0v) is 15.4. The highest BCUT2D eigenvalue weighted by atomic mass is 79.9. The minimum Gasteiger partial charge on any atom is -0.483 e. The maximum absolute atomic E-state index is 12.0. The van der Waals surface area contributed by atoms with Gasteiger partial charge >= 0.3 is 5.97 Å². The van der Waals surface area contributed by atoms with Crippen molar-refractivity contribution < 1.29 is 19.1 Å². The minimum absolute atomic E-state index is 0.194. The third kappa shape index (κ3) is 4.72. The summed E-state index contributed by atoms with van der Waals surface area (Å²) in [6, 6.07) is 10.1. The summed E-state index contributed by atoms with van der Waals surface area (Å²) in [4.78, 5) is 23.4. The van der Waals surface area contributed by atoms with Gasteiger partial charge in [-0.2, -0.15) is 0 Å². The van der Waals surface area contributed by atoms with Gasteiger partial charge < -0.3 is 14.8 Å². The molecule has 0 atom stereocenters. The molecule has 2 rings (SSSR count). The van der Waals surface area contributed by atoms with Crippen molar-refractivity contribution in [2.24, 2.45) is 0 Å². The number of carbonyl (C=O) groups excluding carboxylic acids is 2. The molecule has 126 valence electrons. The van der Waals surface area contributed by atoms with E-state index in [0.717, 1.165) is 5.56 Å². The van der Waals surface area contributed by atoms with Crippen molar-refractivity contribution >= 4 is 45.1 Å². The summed E-state index contributed by atoms with van der Waals surface area (Å²) < 4.78 is 10.6. The van der Waals surface area contributed by atoms with E-state index in [1.165, 1.54) is 7.11 Å². The van der Waals surface area contributed by atoms with Crippen LogP contribution in [0.4, 0.5) is 5.69 Å². The number of hydrogen-bond acceptors (Lipinski definition) is 4. The number of halogens is 2. The number of methoxy groups -OCH3 is 1. The smallest absolute Gasteiger partial charge is 0.337 e. The maximum atomic E-state index is 12.0. The van der Waals surface area contributed by atoms with E-state index >= 15 is 0 Å². The van der Waals surface area contributed by atoms with Crippen molar-refractivity contribution in [3.63, 3.8) is 0 Å². The monoisotopic (exact) mass is 411 g/mol. The molecule has 1 N–H and O–H groups in total. The van der Waals surface area contributed by atoms with E-state index in [9.17, 15) is 9.59 Å². The summed E-state index contributed by atoms with van der Waals surface area (Å²) in [5, 5.41) is 3.15.